The molecular weight excluding hydrogens is 310 g/mol. The average Bonchev–Trinajstić information content (AvgIpc) is 2.57. The predicted molar refractivity (Wildman–Crippen MR) is 101 cm³/mol. The second-order valence-corrected chi connectivity index (χ2v) is 5.06. The van der Waals surface area contributed by atoms with E-state index in [0.29, 0.717) is 28.8 Å². The van der Waals surface area contributed by atoms with Gasteiger partial charge in [0.05, 0.1) is 17.3 Å². The summed E-state index contributed by atoms with van der Waals surface area (Å²) in [6, 6.07) is 0. The first-order chi connectivity index (χ1) is 11.1. The van der Waals surface area contributed by atoms with E-state index < -0.39 is 0 Å². The molecule has 6 nitrogen and oxygen atoms in total. The first kappa shape index (κ1) is 20.6. The Kier molecular flexibility index (Phi) is 11.9. The van der Waals surface area contributed by atoms with Crippen molar-refractivity contribution in [2.45, 2.75) is 6.92 Å². The van der Waals surface area contributed by atoms with E-state index in [0.717, 1.165) is 11.9 Å². The van der Waals surface area contributed by atoms with Crippen LogP contribution in [0.2, 0.25) is 0 Å². The molecule has 0 rings (SSSR count). The lowest BCUT2D eigenvalue weighted by atomic mass is 10.1. The molecule has 0 unspecified atom stereocenters. The lowest BCUT2D eigenvalue weighted by Gasteiger charge is -2.10. The Morgan fingerprint density at radius 1 is 1.39 bits per heavy atom. The minimum Gasteiger partial charge on any atom is -0.394 e. The maximum Gasteiger partial charge on any atom is 0.156 e. The molecule has 0 spiro atoms. The molecule has 0 saturated carbocycles. The van der Waals surface area contributed by atoms with Gasteiger partial charge in [0.25, 0.3) is 0 Å². The monoisotopic (exact) mass is 333 g/mol. The third-order valence-corrected chi connectivity index (χ3v) is 3.26. The minimum atomic E-state index is 0.315. The molecule has 0 aliphatic heterocycles. The number of thioether (sulfide) groups is 1. The molecule has 0 saturated heterocycles. The van der Waals surface area contributed by atoms with Crippen molar-refractivity contribution >= 4 is 36.3 Å². The van der Waals surface area contributed by atoms with Gasteiger partial charge in [-0.2, -0.15) is 5.10 Å². The van der Waals surface area contributed by atoms with Gasteiger partial charge in [0.2, 0.25) is 0 Å². The molecule has 0 atom stereocenters. The summed E-state index contributed by atoms with van der Waals surface area (Å²) in [4.78, 5) is 10.3. The lowest BCUT2D eigenvalue weighted by molar-refractivity contribution is -0.105. The molecule has 0 aliphatic rings. The van der Waals surface area contributed by atoms with Crippen LogP contribution in [0.3, 0.4) is 0 Å². The Morgan fingerprint density at radius 3 is 2.65 bits per heavy atom. The fourth-order valence-electron chi connectivity index (χ4n) is 1.46. The molecule has 0 bridgehead atoms. The highest BCUT2D eigenvalue weighted by Gasteiger charge is 2.06. The molecule has 0 amide bonds. The van der Waals surface area contributed by atoms with E-state index in [9.17, 15) is 4.79 Å². The first-order valence-electron chi connectivity index (χ1n) is 6.87. The number of rotatable bonds is 11. The number of hydrogen-bond donors (Lipinski definition) is 3. The van der Waals surface area contributed by atoms with Crippen molar-refractivity contribution < 1.29 is 4.79 Å². The van der Waals surface area contributed by atoms with Crippen LogP contribution < -0.4 is 10.6 Å². The maximum absolute atomic E-state index is 10.3. The van der Waals surface area contributed by atoms with Crippen molar-refractivity contribution in [3.8, 4) is 0 Å². The van der Waals surface area contributed by atoms with Crippen molar-refractivity contribution in [1.29, 1.82) is 5.41 Å². The van der Waals surface area contributed by atoms with E-state index in [-0.39, 0.29) is 0 Å². The van der Waals surface area contributed by atoms with Crippen molar-refractivity contribution in [2.24, 2.45) is 10.2 Å². The Balaban J connectivity index is 5.28. The summed E-state index contributed by atoms with van der Waals surface area (Å²) < 4.78 is 0. The molecular formula is C16H23N5OS. The Bertz CT molecular complexity index is 547. The van der Waals surface area contributed by atoms with Gasteiger partial charge in [0.15, 0.2) is 5.84 Å². The lowest BCUT2D eigenvalue weighted by Crippen LogP contribution is -2.24. The number of nitrogens with one attached hydrogen (secondary N) is 3. The van der Waals surface area contributed by atoms with Crippen molar-refractivity contribution in [3.63, 3.8) is 0 Å². The molecule has 23 heavy (non-hydrogen) atoms. The molecule has 3 N–H and O–H groups in total. The van der Waals surface area contributed by atoms with Crippen LogP contribution in [0.5, 0.6) is 0 Å². The summed E-state index contributed by atoms with van der Waals surface area (Å²) in [5.74, 6) is 1.43. The van der Waals surface area contributed by atoms with Crippen molar-refractivity contribution in [3.05, 3.63) is 48.2 Å². The van der Waals surface area contributed by atoms with Crippen LogP contribution >= 0.6 is 11.8 Å². The van der Waals surface area contributed by atoms with Crippen LogP contribution in [0.15, 0.2) is 58.4 Å². The van der Waals surface area contributed by atoms with Crippen LogP contribution in [0.1, 0.15) is 6.92 Å². The van der Waals surface area contributed by atoms with Crippen LogP contribution in [0, 0.1) is 5.41 Å². The van der Waals surface area contributed by atoms with Crippen LogP contribution in [0.4, 0.5) is 0 Å². The molecule has 124 valence electrons. The predicted octanol–water partition coefficient (Wildman–Crippen LogP) is 2.29. The smallest absolute Gasteiger partial charge is 0.156 e. The number of carbonyl (C=O) groups is 1. The summed E-state index contributed by atoms with van der Waals surface area (Å²) in [6.07, 6.45) is 9.39. The topological polar surface area (TPSA) is 89.7 Å². The third-order valence-electron chi connectivity index (χ3n) is 2.54. The highest BCUT2D eigenvalue weighted by molar-refractivity contribution is 7.99. The fourth-order valence-corrected chi connectivity index (χ4v) is 1.91. The van der Waals surface area contributed by atoms with Crippen LogP contribution in [-0.4, -0.2) is 43.2 Å². The normalized spacial score (nSPS) is 12.9. The second kappa shape index (κ2) is 13.3. The van der Waals surface area contributed by atoms with E-state index in [4.69, 9.17) is 5.41 Å². The van der Waals surface area contributed by atoms with E-state index in [2.05, 4.69) is 34.1 Å². The van der Waals surface area contributed by atoms with Crippen LogP contribution in [0.25, 0.3) is 0 Å². The van der Waals surface area contributed by atoms with Gasteiger partial charge < -0.3 is 20.8 Å². The highest BCUT2D eigenvalue weighted by Crippen LogP contribution is 2.09. The van der Waals surface area contributed by atoms with Gasteiger partial charge in [-0.25, -0.2) is 0 Å². The van der Waals surface area contributed by atoms with Gasteiger partial charge in [-0.05, 0) is 30.8 Å². The average molecular weight is 333 g/mol. The Hall–Kier alpha value is -2.41. The highest BCUT2D eigenvalue weighted by atomic mass is 32.2. The summed E-state index contributed by atoms with van der Waals surface area (Å²) >= 11 is 1.43. The molecule has 0 heterocycles. The summed E-state index contributed by atoms with van der Waals surface area (Å²) in [5, 5.41) is 21.5. The van der Waals surface area contributed by atoms with Crippen LogP contribution in [-0.2, 0) is 4.79 Å². The number of aldehydes is 1. The van der Waals surface area contributed by atoms with Gasteiger partial charge in [-0.1, -0.05) is 18.7 Å². The van der Waals surface area contributed by atoms with Gasteiger partial charge in [0.1, 0.15) is 6.29 Å². The molecule has 0 aromatic rings. The summed E-state index contributed by atoms with van der Waals surface area (Å²) in [7, 11) is 1.76. The van der Waals surface area contributed by atoms with Gasteiger partial charge in [0, 0.05) is 19.3 Å². The summed E-state index contributed by atoms with van der Waals surface area (Å²) in [5.41, 5.74) is 1.71. The first-order valence-corrected chi connectivity index (χ1v) is 8.02. The molecule has 0 aliphatic carbocycles. The van der Waals surface area contributed by atoms with Crippen molar-refractivity contribution in [2.75, 3.05) is 18.7 Å². The van der Waals surface area contributed by atoms with E-state index in [1.54, 1.807) is 31.5 Å². The van der Waals surface area contributed by atoms with Gasteiger partial charge in [-0.3, -0.25) is 0 Å². The third kappa shape index (κ3) is 8.57. The number of hydrogen-bond acceptors (Lipinski definition) is 6. The van der Waals surface area contributed by atoms with E-state index >= 15 is 0 Å². The minimum absolute atomic E-state index is 0.315. The molecule has 0 radical (unpaired) electrons. The molecule has 0 fully saturated rings. The number of carbonyl (C=O) groups excluding carboxylic acids is 1. The molecule has 7 heteroatoms. The number of amidine groups is 1. The Labute approximate surface area is 141 Å². The van der Waals surface area contributed by atoms with Gasteiger partial charge in [-0.15, -0.1) is 16.9 Å². The quantitative estimate of drug-likeness (QED) is 0.103. The Morgan fingerprint density at radius 2 is 2.13 bits per heavy atom. The standard InChI is InChI=1S/C16H23N5OS/c1-5-13(15(17)7-8-18-3)11-14(6-2)16(21-19-4)20-12-23-10-9-22/h5-9,11,17-18H,1,4,10,12H2,2-3H3,(H,20,21)/b8-7-,13-11+,14-6+,17-15?. The zero-order valence-electron chi connectivity index (χ0n) is 13.5. The SMILES string of the molecule is C=C\C(=C/C(=C\C)C(=N/N=C)/NCSCC=O)C(=N)/C=C\NC. The zero-order valence-corrected chi connectivity index (χ0v) is 14.3. The number of nitrogens with zero attached hydrogens (tertiary/aromatic N) is 2. The fraction of sp³-hybridized carbons (Fsp3) is 0.250. The second-order valence-electron chi connectivity index (χ2n) is 4.03. The summed E-state index contributed by atoms with van der Waals surface area (Å²) in [6.45, 7) is 8.97. The maximum atomic E-state index is 10.3. The van der Waals surface area contributed by atoms with Gasteiger partial charge >= 0.3 is 0 Å². The number of allylic oxidation sites excluding steroid dienone is 4. The molecule has 0 aromatic carbocycles. The van der Waals surface area contributed by atoms with E-state index in [1.165, 1.54) is 11.8 Å². The van der Waals surface area contributed by atoms with Crippen molar-refractivity contribution in [1.82, 2.24) is 10.6 Å². The van der Waals surface area contributed by atoms with E-state index in [1.807, 2.05) is 13.0 Å². The molecule has 0 aromatic heterocycles. The largest absolute Gasteiger partial charge is 0.394 e. The zero-order chi connectivity index (χ0) is 17.5.